The van der Waals surface area contributed by atoms with Crippen molar-refractivity contribution < 1.29 is 20.8 Å². The second kappa shape index (κ2) is 15.6. The molecule has 0 saturated heterocycles. The van der Waals surface area contributed by atoms with Gasteiger partial charge in [-0.3, -0.25) is 9.97 Å². The number of benzene rings is 4. The van der Waals surface area contributed by atoms with Crippen LogP contribution < -0.4 is 0 Å². The van der Waals surface area contributed by atoms with E-state index >= 15 is 0 Å². The summed E-state index contributed by atoms with van der Waals surface area (Å²) in [5.74, 6) is 0. The van der Waals surface area contributed by atoms with E-state index < -0.39 is 20.8 Å². The van der Waals surface area contributed by atoms with Crippen molar-refractivity contribution in [3.63, 3.8) is 0 Å². The van der Waals surface area contributed by atoms with E-state index in [2.05, 4.69) is 140 Å². The van der Waals surface area contributed by atoms with Crippen LogP contribution >= 0.6 is 17.0 Å². The molecule has 0 unspecified atom stereocenters. The first kappa shape index (κ1) is 32.8. The molecule has 0 saturated carbocycles. The van der Waals surface area contributed by atoms with Crippen molar-refractivity contribution in [3.8, 4) is 22.3 Å². The molecule has 8 rings (SSSR count). The maximum absolute atomic E-state index is 4.93. The van der Waals surface area contributed by atoms with Gasteiger partial charge >= 0.3 is 37.9 Å². The predicted octanol–water partition coefficient (Wildman–Crippen LogP) is 12.4. The fourth-order valence-corrected chi connectivity index (χ4v) is 5.74. The molecule has 45 heavy (non-hydrogen) atoms. The van der Waals surface area contributed by atoms with Gasteiger partial charge in [-0.2, -0.15) is 19.1 Å². The predicted molar refractivity (Wildman–Crippen MR) is 193 cm³/mol. The Morgan fingerprint density at radius 1 is 0.533 bits per heavy atom. The van der Waals surface area contributed by atoms with Crippen molar-refractivity contribution in [1.82, 2.24) is 9.97 Å². The number of para-hydroxylation sites is 2. The molecule has 8 aromatic rings. The summed E-state index contributed by atoms with van der Waals surface area (Å²) in [4.78, 5) is 9.09. The summed E-state index contributed by atoms with van der Waals surface area (Å²) in [6.07, 6.45) is 3.72. The molecule has 0 aliphatic carbocycles. The number of pyridine rings is 2. The molecule has 0 spiro atoms. The summed E-state index contributed by atoms with van der Waals surface area (Å²) < 4.78 is 0. The van der Waals surface area contributed by atoms with E-state index in [0.717, 1.165) is 11.0 Å². The Morgan fingerprint density at radius 3 is 1.36 bits per heavy atom. The Hall–Kier alpha value is -3.62. The number of hydrogen-bond acceptors (Lipinski definition) is 2. The summed E-state index contributed by atoms with van der Waals surface area (Å²) in [5, 5.41) is 7.58. The van der Waals surface area contributed by atoms with Crippen molar-refractivity contribution in [3.05, 3.63) is 152 Å². The summed E-state index contributed by atoms with van der Waals surface area (Å²) in [6, 6.07) is 43.1. The zero-order chi connectivity index (χ0) is 31.8. The van der Waals surface area contributed by atoms with Gasteiger partial charge in [0.15, 0.2) is 0 Å². The Morgan fingerprint density at radius 2 is 0.933 bits per heavy atom. The number of rotatable bonds is 2. The monoisotopic (exact) mass is 701 g/mol. The third-order valence-corrected chi connectivity index (χ3v) is 7.59. The minimum atomic E-state index is -0.826. The quantitative estimate of drug-likeness (QED) is 0.168. The maximum atomic E-state index is 4.93. The molecule has 0 atom stereocenters. The molecular weight excluding hydrogens is 671 g/mol. The fraction of sp³-hybridized carbons (Fsp3) is 0.0750. The minimum absolute atomic E-state index is 0.826. The fourth-order valence-electron chi connectivity index (χ4n) is 5.74. The Bertz CT molecular complexity index is 2010. The zero-order valence-electron chi connectivity index (χ0n) is 25.6. The van der Waals surface area contributed by atoms with Crippen LogP contribution in [0.5, 0.6) is 0 Å². The third kappa shape index (κ3) is 7.62. The van der Waals surface area contributed by atoms with Crippen LogP contribution in [0, 0.1) is 20.8 Å². The molecule has 2 nitrogen and oxygen atoms in total. The van der Waals surface area contributed by atoms with Crippen molar-refractivity contribution >= 4 is 60.4 Å². The Balaban J connectivity index is 0.000000156. The van der Waals surface area contributed by atoms with Crippen LogP contribution in [-0.2, 0) is 20.8 Å². The van der Waals surface area contributed by atoms with Crippen LogP contribution in [0.15, 0.2) is 134 Å². The van der Waals surface area contributed by atoms with Crippen molar-refractivity contribution in [1.29, 1.82) is 0 Å². The van der Waals surface area contributed by atoms with Gasteiger partial charge < -0.3 is 6.92 Å². The van der Waals surface area contributed by atoms with Crippen LogP contribution in [0.1, 0.15) is 18.1 Å². The SMILES string of the molecule is Cc1cc2ccc(-c3cccc4cccnc34)cc2[cH-]1.Cc1cc2ccc(-c3cccc4cccnc34)cc2[cH-]1.[CH2-]C.[Cl][Zr][Cl]. The summed E-state index contributed by atoms with van der Waals surface area (Å²) in [5.41, 5.74) is 9.61. The van der Waals surface area contributed by atoms with Gasteiger partial charge in [-0.1, -0.05) is 85.6 Å². The number of fused-ring (bicyclic) bond motifs is 4. The molecule has 0 aliphatic rings. The van der Waals surface area contributed by atoms with Crippen molar-refractivity contribution in [2.24, 2.45) is 0 Å². The zero-order valence-corrected chi connectivity index (χ0v) is 29.5. The van der Waals surface area contributed by atoms with Gasteiger partial charge in [0.25, 0.3) is 0 Å². The van der Waals surface area contributed by atoms with Gasteiger partial charge in [0.05, 0.1) is 11.0 Å². The van der Waals surface area contributed by atoms with Gasteiger partial charge in [-0.25, -0.2) is 0 Å². The Kier molecular flexibility index (Phi) is 11.4. The first-order valence-corrected chi connectivity index (χ1v) is 21.1. The molecule has 6 aromatic carbocycles. The first-order valence-electron chi connectivity index (χ1n) is 14.7. The topological polar surface area (TPSA) is 25.8 Å². The van der Waals surface area contributed by atoms with E-state index in [1.54, 1.807) is 6.92 Å². The number of aromatic nitrogens is 2. The second-order valence-corrected chi connectivity index (χ2v) is 14.3. The van der Waals surface area contributed by atoms with E-state index in [1.807, 2.05) is 24.5 Å². The van der Waals surface area contributed by atoms with Crippen LogP contribution in [0.2, 0.25) is 0 Å². The van der Waals surface area contributed by atoms with E-state index in [4.69, 9.17) is 17.0 Å². The van der Waals surface area contributed by atoms with Gasteiger partial charge in [0, 0.05) is 23.2 Å². The molecule has 0 bridgehead atoms. The molecule has 0 amide bonds. The van der Waals surface area contributed by atoms with Crippen LogP contribution in [0.3, 0.4) is 0 Å². The summed E-state index contributed by atoms with van der Waals surface area (Å²) >= 11 is -0.826. The van der Waals surface area contributed by atoms with E-state index in [-0.39, 0.29) is 0 Å². The average Bonchev–Trinajstić information content (AvgIpc) is 3.65. The molecule has 5 heteroatoms. The average molecular weight is 704 g/mol. The van der Waals surface area contributed by atoms with Gasteiger partial charge in [-0.15, -0.1) is 69.1 Å². The van der Waals surface area contributed by atoms with Gasteiger partial charge in [0.2, 0.25) is 0 Å². The molecule has 2 heterocycles. The summed E-state index contributed by atoms with van der Waals surface area (Å²) in [7, 11) is 9.87. The van der Waals surface area contributed by atoms with Crippen LogP contribution in [0.4, 0.5) is 0 Å². The van der Waals surface area contributed by atoms with E-state index in [9.17, 15) is 0 Å². The van der Waals surface area contributed by atoms with Crippen molar-refractivity contribution in [2.75, 3.05) is 0 Å². The third-order valence-electron chi connectivity index (χ3n) is 7.59. The second-order valence-electron chi connectivity index (χ2n) is 10.6. The number of hydrogen-bond donors (Lipinski definition) is 0. The summed E-state index contributed by atoms with van der Waals surface area (Å²) in [6.45, 7) is 9.28. The van der Waals surface area contributed by atoms with E-state index in [0.29, 0.717) is 0 Å². The number of nitrogens with zero attached hydrogens (tertiary/aromatic N) is 2. The van der Waals surface area contributed by atoms with Gasteiger partial charge in [0.1, 0.15) is 0 Å². The molecule has 0 fully saturated rings. The molecule has 2 aromatic heterocycles. The van der Waals surface area contributed by atoms with Gasteiger partial charge in [-0.05, 0) is 23.3 Å². The Labute approximate surface area is 284 Å². The standard InChI is InChI=1S/2C19H14N.C2H5.2ClH.Zr/c2*1-13-10-15-7-8-16(12-17(15)11-13)18-6-2-4-14-5-3-9-20-19(14)18;1-2;;;/h2*2-12H,1H3;1H2,2H3;2*1H;/q3*-1;;;+2/p-2. The van der Waals surface area contributed by atoms with Crippen molar-refractivity contribution in [2.45, 2.75) is 20.8 Å². The molecule has 224 valence electrons. The number of halogens is 2. The number of aryl methyl sites for hydroxylation is 2. The van der Waals surface area contributed by atoms with Crippen LogP contribution in [0.25, 0.3) is 65.6 Å². The molecule has 0 N–H and O–H groups in total. The van der Waals surface area contributed by atoms with Crippen LogP contribution in [-0.4, -0.2) is 9.97 Å². The first-order chi connectivity index (χ1) is 22.0. The molecule has 0 radical (unpaired) electrons. The molecule has 0 aliphatic heterocycles. The normalized spacial score (nSPS) is 10.4. The van der Waals surface area contributed by atoms with E-state index in [1.165, 1.54) is 65.7 Å². The molecular formula is C40H33Cl2N2Zr-3.